The molecule has 536 valence electrons. The van der Waals surface area contributed by atoms with Crippen LogP contribution < -0.4 is 46.7 Å². The maximum Gasteiger partial charge on any atom is 0.490 e. The molecule has 1 saturated heterocycles. The summed E-state index contributed by atoms with van der Waals surface area (Å²) in [5.74, 6) is 4.01. The van der Waals surface area contributed by atoms with Gasteiger partial charge in [-0.3, -0.25) is 28.7 Å². The Labute approximate surface area is 587 Å². The fourth-order valence-corrected chi connectivity index (χ4v) is 19.5. The van der Waals surface area contributed by atoms with Gasteiger partial charge in [0.1, 0.15) is 54.7 Å². The molecule has 2 aromatic heterocycles. The molecule has 13 rings (SSSR count). The molecule has 6 unspecified atom stereocenters. The third-order valence-electron chi connectivity index (χ3n) is 18.8. The SMILES string of the molecule is CC(C)(C)SSCOC1C[C@H](n2cc(C#CCNC(=O)C3C=CC(N=NC4CC=C(CCNC(=O)C5=CC=C(C6=c7cc8c9c(c7Oc7c6cc6c%10c7CCCN%10CCC6)CCC[N+]=9CCC8)C(C(=O)O)C5)C=C4O)=CC3)c3c(=O)[nH]c(N)nc32)O[C@@H]1COP(=O)(O)OP(=O)(O)OP(=O)(O)O. The molecule has 2 aromatic carbocycles. The summed E-state index contributed by atoms with van der Waals surface area (Å²) >= 11 is 0. The fraction of sp³-hybridized carbons (Fsp3) is 0.463. The van der Waals surface area contributed by atoms with Crippen molar-refractivity contribution in [1.82, 2.24) is 29.7 Å². The summed E-state index contributed by atoms with van der Waals surface area (Å²) in [5.41, 5.74) is 15.9. The van der Waals surface area contributed by atoms with Crippen LogP contribution in [-0.2, 0) is 76.4 Å². The Bertz CT molecular complexity index is 4740. The molecule has 0 bridgehead atoms. The Hall–Kier alpha value is -7.23. The predicted octanol–water partition coefficient (Wildman–Crippen LogP) is 7.53. The van der Waals surface area contributed by atoms with Gasteiger partial charge in [-0.2, -0.15) is 23.8 Å². The number of carboxylic acid groups (broad SMARTS) is 1. The highest BCUT2D eigenvalue weighted by Crippen LogP contribution is 2.66. The van der Waals surface area contributed by atoms with Gasteiger partial charge in [0.05, 0.1) is 53.3 Å². The molecule has 2 amide bonds. The van der Waals surface area contributed by atoms with Gasteiger partial charge in [0.15, 0.2) is 5.65 Å². The van der Waals surface area contributed by atoms with E-state index in [0.29, 0.717) is 29.7 Å². The number of amides is 2. The Morgan fingerprint density at radius 2 is 1.72 bits per heavy atom. The van der Waals surface area contributed by atoms with Crippen LogP contribution in [0.3, 0.4) is 0 Å². The first kappa shape index (κ1) is 72.1. The highest BCUT2D eigenvalue weighted by atomic mass is 33.1. The van der Waals surface area contributed by atoms with Gasteiger partial charge in [-0.1, -0.05) is 84.6 Å². The van der Waals surface area contributed by atoms with Crippen LogP contribution in [0.2, 0.25) is 0 Å². The Balaban J connectivity index is 0.613. The number of carbonyl (C=O) groups is 3. The van der Waals surface area contributed by atoms with Crippen molar-refractivity contribution in [3.8, 4) is 23.3 Å². The number of hydrogen-bond acceptors (Lipinski definition) is 21. The Morgan fingerprint density at radius 1 is 0.950 bits per heavy atom. The number of benzene rings is 2. The average molecular weight is 1480 g/mol. The number of allylic oxidation sites excluding steroid dienone is 5. The number of aromatic nitrogens is 3. The maximum atomic E-state index is 13.9. The van der Waals surface area contributed by atoms with Crippen LogP contribution >= 0.6 is 45.1 Å². The van der Waals surface area contributed by atoms with E-state index in [-0.39, 0.29) is 83.2 Å². The summed E-state index contributed by atoms with van der Waals surface area (Å²) < 4.78 is 71.8. The van der Waals surface area contributed by atoms with Crippen molar-refractivity contribution in [2.75, 3.05) is 62.4 Å². The number of aromatic amines is 1. The second kappa shape index (κ2) is 29.5. The van der Waals surface area contributed by atoms with Crippen molar-refractivity contribution in [3.63, 3.8) is 0 Å². The molecular weight excluding hydrogens is 1410 g/mol. The van der Waals surface area contributed by atoms with Crippen molar-refractivity contribution < 1.29 is 85.2 Å². The number of nitrogens with zero attached hydrogens (tertiary/aromatic N) is 6. The topological polar surface area (TPSA) is 411 Å². The first-order valence-corrected chi connectivity index (χ1v) is 40.2. The number of carboxylic acids is 1. The van der Waals surface area contributed by atoms with E-state index in [0.717, 1.165) is 111 Å². The molecule has 0 spiro atoms. The van der Waals surface area contributed by atoms with E-state index in [1.807, 2.05) is 32.9 Å². The van der Waals surface area contributed by atoms with Crippen LogP contribution in [0, 0.1) is 23.7 Å². The second-order valence-corrected chi connectivity index (χ2v) is 34.4. The summed E-state index contributed by atoms with van der Waals surface area (Å²) in [4.78, 5) is 101. The van der Waals surface area contributed by atoms with E-state index in [9.17, 15) is 52.9 Å². The number of aryl methyl sites for hydroxylation is 2. The molecule has 9 aliphatic rings. The van der Waals surface area contributed by atoms with Crippen LogP contribution in [0.4, 0.5) is 11.6 Å². The number of nitrogens with one attached hydrogen (secondary N) is 3. The number of azo groups is 1. The molecule has 6 aliphatic heterocycles. The van der Waals surface area contributed by atoms with Crippen LogP contribution in [0.1, 0.15) is 118 Å². The predicted molar refractivity (Wildman–Crippen MR) is 376 cm³/mol. The van der Waals surface area contributed by atoms with Gasteiger partial charge < -0.3 is 69.8 Å². The molecule has 0 radical (unpaired) electrons. The summed E-state index contributed by atoms with van der Waals surface area (Å²) in [6.45, 7) is 9.30. The van der Waals surface area contributed by atoms with E-state index in [4.69, 9.17) is 34.3 Å². The van der Waals surface area contributed by atoms with Gasteiger partial charge >= 0.3 is 29.4 Å². The Kier molecular flexibility index (Phi) is 21.1. The van der Waals surface area contributed by atoms with E-state index < -0.39 is 77.9 Å². The molecule has 8 heterocycles. The lowest BCUT2D eigenvalue weighted by Gasteiger charge is -2.39. The monoisotopic (exact) mass is 1480 g/mol. The number of fused-ring (bicyclic) bond motifs is 5. The third-order valence-corrected chi connectivity index (χ3v) is 25.6. The summed E-state index contributed by atoms with van der Waals surface area (Å²) in [5, 5.41) is 38.9. The quantitative estimate of drug-likeness (QED) is 0.00691. The van der Waals surface area contributed by atoms with Gasteiger partial charge in [-0.25, -0.2) is 18.3 Å². The van der Waals surface area contributed by atoms with Crippen molar-refractivity contribution in [2.24, 2.45) is 22.1 Å². The molecule has 4 aromatic rings. The number of phosphoric acid groups is 3. The number of aliphatic carboxylic acids is 1. The zero-order valence-corrected chi connectivity index (χ0v) is 59.8. The number of phosphoric ester groups is 1. The normalized spacial score (nSPS) is 23.5. The van der Waals surface area contributed by atoms with E-state index >= 15 is 0 Å². The number of aliphatic hydroxyl groups is 1. The fourth-order valence-electron chi connectivity index (χ4n) is 14.5. The number of H-pyrrole nitrogens is 1. The van der Waals surface area contributed by atoms with Crippen molar-refractivity contribution in [2.45, 2.75) is 133 Å². The number of ether oxygens (including phenoxy) is 3. The molecule has 11 N–H and O–H groups in total. The molecule has 3 aliphatic carbocycles. The number of nitrogen functional groups attached to an aromatic ring is 1. The second-order valence-electron chi connectivity index (χ2n) is 26.9. The van der Waals surface area contributed by atoms with E-state index in [1.54, 1.807) is 30.4 Å². The number of hydrogen-bond donors (Lipinski definition) is 10. The van der Waals surface area contributed by atoms with Crippen LogP contribution in [0.5, 0.6) is 11.5 Å². The number of aliphatic hydroxyl groups excluding tert-OH is 1. The number of anilines is 2. The largest absolute Gasteiger partial charge is 0.510 e. The van der Waals surface area contributed by atoms with Crippen LogP contribution in [-0.4, -0.2) is 137 Å². The van der Waals surface area contributed by atoms with Gasteiger partial charge in [0, 0.05) is 88.6 Å². The van der Waals surface area contributed by atoms with Crippen LogP contribution in [0.25, 0.3) is 16.6 Å². The lowest BCUT2D eigenvalue weighted by molar-refractivity contribution is -0.140. The summed E-state index contributed by atoms with van der Waals surface area (Å²) in [6.07, 6.45) is 19.4. The highest BCUT2D eigenvalue weighted by molar-refractivity contribution is 8.77. The van der Waals surface area contributed by atoms with Crippen molar-refractivity contribution >= 4 is 91.1 Å². The molecule has 8 atom stereocenters. The smallest absolute Gasteiger partial charge is 0.490 e. The summed E-state index contributed by atoms with van der Waals surface area (Å²) in [7, 11) is -14.1. The molecule has 0 saturated carbocycles. The standard InChI is InChI=1S/C67H77N10O19P3S2/c1-67(2,3)101-100-36-91-52-33-54(93-53(52)35-92-98(87,88)96-99(89,90)95-97(84,85)86)77-34-42(55-61(77)71-66(68)72-64(55)81)9-4-23-69-62(79)38-15-18-43(19-16-38)73-74-50-21-14-37(29-51(50)78)22-24-70-63(80)41-17-20-44(47(32-41)65(82)83)56-48-30-39-10-5-25-75-27-7-12-45(57(39)75)59(48)94-60-46-13-8-28-76-26-6-11-40(58(46)76)31-49(56)60/h14-15,17-20,29-31,34,38,47,50,52-54H,5-8,10-13,16,21-28,32-33,35-36H2,1-3H3,(H10-,68,69,70,71,72,78,79,80,81,82,83,84,85,86,87,88,89,90)/p+1/t38?,47?,50?,52?,53-,54-/m1/s1. The van der Waals surface area contributed by atoms with Gasteiger partial charge in [-0.05, 0) is 105 Å². The number of nitrogens with two attached hydrogens (primary N) is 1. The minimum absolute atomic E-state index is 0.00527. The lowest BCUT2D eigenvalue weighted by Crippen LogP contribution is -2.45. The van der Waals surface area contributed by atoms with E-state index in [1.165, 1.54) is 65.7 Å². The zero-order valence-electron chi connectivity index (χ0n) is 55.5. The van der Waals surface area contributed by atoms with E-state index in [2.05, 4.69) is 72.9 Å². The zero-order chi connectivity index (χ0) is 71.3. The molecule has 29 nitrogen and oxygen atoms in total. The molecule has 1 fully saturated rings. The first-order valence-electron chi connectivity index (χ1n) is 33.4. The van der Waals surface area contributed by atoms with Crippen molar-refractivity contribution in [1.29, 1.82) is 0 Å². The van der Waals surface area contributed by atoms with Crippen LogP contribution in [0.15, 0.2) is 104 Å². The van der Waals surface area contributed by atoms with Gasteiger partial charge in [0.25, 0.3) is 5.56 Å². The molecule has 34 heteroatoms. The minimum Gasteiger partial charge on any atom is -0.510 e. The maximum absolute atomic E-state index is 13.9. The van der Waals surface area contributed by atoms with Crippen molar-refractivity contribution in [3.05, 3.63) is 143 Å². The minimum atomic E-state index is -5.82. The summed E-state index contributed by atoms with van der Waals surface area (Å²) in [6, 6.07) is 3.86. The molecular formula is C67H78N10O19P3S2+. The average Bonchev–Trinajstić information content (AvgIpc) is 1.71. The Morgan fingerprint density at radius 3 is 2.48 bits per heavy atom. The van der Waals surface area contributed by atoms with Gasteiger partial charge in [-0.15, -0.1) is 0 Å². The number of carbonyl (C=O) groups excluding carboxylic acids is 2. The lowest BCUT2D eigenvalue weighted by atomic mass is 9.76. The first-order chi connectivity index (χ1) is 48.1. The number of rotatable bonds is 22. The highest BCUT2D eigenvalue weighted by Gasteiger charge is 2.45. The van der Waals surface area contributed by atoms with Gasteiger partial charge in [0.2, 0.25) is 23.1 Å². The molecule has 101 heavy (non-hydrogen) atoms. The third kappa shape index (κ3) is 16.3.